The summed E-state index contributed by atoms with van der Waals surface area (Å²) in [5.74, 6) is 0. The number of benzene rings is 2. The van der Waals surface area contributed by atoms with Gasteiger partial charge in [0.2, 0.25) is 0 Å². The van der Waals surface area contributed by atoms with Crippen molar-refractivity contribution in [2.24, 2.45) is 0 Å². The molecule has 210 valence electrons. The van der Waals surface area contributed by atoms with Crippen molar-refractivity contribution < 1.29 is 9.53 Å². The lowest BCUT2D eigenvalue weighted by atomic mass is 10.1. The summed E-state index contributed by atoms with van der Waals surface area (Å²) in [6.45, 7) is 16.6. The number of aliphatic hydroxyl groups excluding tert-OH is 1. The van der Waals surface area contributed by atoms with Gasteiger partial charge in [0, 0.05) is 29.6 Å². The molecule has 2 heterocycles. The minimum absolute atomic E-state index is 0.126. The maximum absolute atomic E-state index is 9.07. The van der Waals surface area contributed by atoms with Crippen LogP contribution in [0.5, 0.6) is 0 Å². The van der Waals surface area contributed by atoms with Gasteiger partial charge >= 0.3 is 0 Å². The summed E-state index contributed by atoms with van der Waals surface area (Å²) in [6.07, 6.45) is 1.81. The zero-order valence-electron chi connectivity index (χ0n) is 24.0. The van der Waals surface area contributed by atoms with Gasteiger partial charge in [-0.15, -0.1) is 22.7 Å². The zero-order valence-corrected chi connectivity index (χ0v) is 28.2. The fourth-order valence-corrected chi connectivity index (χ4v) is 7.25. The van der Waals surface area contributed by atoms with Gasteiger partial charge in [0.05, 0.1) is 13.2 Å². The highest BCUT2D eigenvalue weighted by Crippen LogP contribution is 2.37. The Morgan fingerprint density at radius 1 is 0.769 bits per heavy atom. The smallest absolute Gasteiger partial charge is 0.192 e. The molecule has 39 heavy (non-hydrogen) atoms. The third-order valence-corrected chi connectivity index (χ3v) is 14.3. The van der Waals surface area contributed by atoms with Crippen molar-refractivity contribution in [2.45, 2.75) is 78.8 Å². The van der Waals surface area contributed by atoms with E-state index in [1.54, 1.807) is 11.3 Å². The molecule has 0 amide bonds. The largest absolute Gasteiger partial charge is 0.412 e. The summed E-state index contributed by atoms with van der Waals surface area (Å²) in [4.78, 5) is 4.99. The Labute approximate surface area is 253 Å². The Morgan fingerprint density at radius 3 is 1.64 bits per heavy atom. The first kappa shape index (κ1) is 32.1. The Hall–Kier alpha value is -1.44. The monoisotopic (exact) mass is 618 g/mol. The maximum atomic E-state index is 9.07. The van der Waals surface area contributed by atoms with E-state index in [1.807, 2.05) is 47.7 Å². The molecule has 0 aliphatic heterocycles. The molecule has 0 spiro atoms. The quantitative estimate of drug-likeness (QED) is 0.199. The van der Waals surface area contributed by atoms with E-state index in [9.17, 15) is 0 Å². The van der Waals surface area contributed by atoms with E-state index in [-0.39, 0.29) is 11.6 Å². The molecule has 2 nitrogen and oxygen atoms in total. The highest BCUT2D eigenvalue weighted by Gasteiger charge is 2.37. The molecule has 7 heteroatoms. The predicted octanol–water partition coefficient (Wildman–Crippen LogP) is 10.6. The first-order chi connectivity index (χ1) is 18.3. The van der Waals surface area contributed by atoms with Crippen LogP contribution in [0, 0.1) is 13.8 Å². The van der Waals surface area contributed by atoms with Crippen molar-refractivity contribution >= 4 is 54.2 Å². The maximum Gasteiger partial charge on any atom is 0.192 e. The average Bonchev–Trinajstić information content (AvgIpc) is 3.38. The molecule has 0 bridgehead atoms. The fraction of sp³-hybridized carbons (Fsp3) is 0.375. The van der Waals surface area contributed by atoms with E-state index in [0.717, 1.165) is 34.4 Å². The minimum atomic E-state index is -1.69. The third-order valence-electron chi connectivity index (χ3n) is 7.25. The molecule has 4 aromatic rings. The summed E-state index contributed by atoms with van der Waals surface area (Å²) in [7, 11) is -1.69. The molecule has 1 N–H and O–H groups in total. The minimum Gasteiger partial charge on any atom is -0.412 e. The normalized spacial score (nSPS) is 11.8. The predicted molar refractivity (Wildman–Crippen MR) is 175 cm³/mol. The van der Waals surface area contributed by atoms with Crippen molar-refractivity contribution in [3.05, 3.63) is 112 Å². The number of aryl methyl sites for hydroxylation is 2. The number of halogens is 2. The SMILES string of the molecule is Cc1sc(CO)cc1Cc1cccc(Cl)c1.Cc1sc(CO[Si](C)(C)C(C)(C)C)cc1Cc1cccc(Cl)c1. The van der Waals surface area contributed by atoms with Crippen LogP contribution in [0.2, 0.25) is 28.2 Å². The molecule has 0 saturated heterocycles. The van der Waals surface area contributed by atoms with E-state index >= 15 is 0 Å². The standard InChI is InChI=1S/C19H27ClOSSi.C13H13ClOS/c1-14-16(10-15-8-7-9-17(20)11-15)12-18(22-14)13-21-23(5,6)19(2,3)4;1-9-11(7-13(8-15)16-9)5-10-3-2-4-12(14)6-10/h7-9,11-12H,10,13H2,1-6H3;2-4,6-7,15H,5,8H2,1H3. The van der Waals surface area contributed by atoms with Crippen molar-refractivity contribution in [3.63, 3.8) is 0 Å². The highest BCUT2D eigenvalue weighted by molar-refractivity contribution is 7.12. The van der Waals surface area contributed by atoms with Crippen molar-refractivity contribution in [2.75, 3.05) is 0 Å². The van der Waals surface area contributed by atoms with Crippen LogP contribution >= 0.6 is 45.9 Å². The second-order valence-corrected chi connectivity index (χ2v) is 19.8. The van der Waals surface area contributed by atoms with Crippen LogP contribution in [0.3, 0.4) is 0 Å². The van der Waals surface area contributed by atoms with Gasteiger partial charge in [0.1, 0.15) is 0 Å². The van der Waals surface area contributed by atoms with Crippen LogP contribution in [0.25, 0.3) is 0 Å². The summed E-state index contributed by atoms with van der Waals surface area (Å²) in [5, 5.41) is 10.9. The van der Waals surface area contributed by atoms with E-state index in [2.05, 4.69) is 72.0 Å². The zero-order chi connectivity index (χ0) is 28.8. The second-order valence-electron chi connectivity index (χ2n) is 11.4. The molecular weight excluding hydrogens is 579 g/mol. The van der Waals surface area contributed by atoms with Crippen LogP contribution in [0.4, 0.5) is 0 Å². The Kier molecular flexibility index (Phi) is 11.5. The second kappa shape index (κ2) is 14.0. The number of hydrogen-bond acceptors (Lipinski definition) is 4. The van der Waals surface area contributed by atoms with Gasteiger partial charge in [-0.2, -0.15) is 0 Å². The first-order valence-electron chi connectivity index (χ1n) is 13.2. The van der Waals surface area contributed by atoms with Gasteiger partial charge in [-0.3, -0.25) is 0 Å². The molecule has 0 saturated carbocycles. The lowest BCUT2D eigenvalue weighted by molar-refractivity contribution is 0.279. The van der Waals surface area contributed by atoms with Gasteiger partial charge in [-0.25, -0.2) is 0 Å². The Morgan fingerprint density at radius 2 is 1.23 bits per heavy atom. The summed E-state index contributed by atoms with van der Waals surface area (Å²) < 4.78 is 6.35. The lowest BCUT2D eigenvalue weighted by Crippen LogP contribution is -2.40. The molecule has 4 rings (SSSR count). The average molecular weight is 620 g/mol. The summed E-state index contributed by atoms with van der Waals surface area (Å²) >= 11 is 15.5. The van der Waals surface area contributed by atoms with Crippen LogP contribution in [-0.2, 0) is 30.5 Å². The number of aliphatic hydroxyl groups is 1. The van der Waals surface area contributed by atoms with Gasteiger partial charge < -0.3 is 9.53 Å². The first-order valence-corrected chi connectivity index (χ1v) is 18.5. The van der Waals surface area contributed by atoms with Crippen molar-refractivity contribution in [3.8, 4) is 0 Å². The van der Waals surface area contributed by atoms with Gasteiger partial charge in [-0.05, 0) is 103 Å². The lowest BCUT2D eigenvalue weighted by Gasteiger charge is -2.36. The third kappa shape index (κ3) is 9.57. The molecule has 2 aromatic carbocycles. The van der Waals surface area contributed by atoms with E-state index in [0.29, 0.717) is 0 Å². The van der Waals surface area contributed by atoms with Crippen LogP contribution < -0.4 is 0 Å². The van der Waals surface area contributed by atoms with Crippen LogP contribution in [0.1, 0.15) is 62.5 Å². The fourth-order valence-electron chi connectivity index (χ4n) is 3.88. The molecule has 0 atom stereocenters. The van der Waals surface area contributed by atoms with Crippen molar-refractivity contribution in [1.29, 1.82) is 0 Å². The molecule has 0 radical (unpaired) electrons. The van der Waals surface area contributed by atoms with Gasteiger partial charge in [0.25, 0.3) is 0 Å². The van der Waals surface area contributed by atoms with Gasteiger partial charge in [0.15, 0.2) is 8.32 Å². The van der Waals surface area contributed by atoms with Crippen LogP contribution in [-0.4, -0.2) is 13.4 Å². The Balaban J connectivity index is 0.000000230. The van der Waals surface area contributed by atoms with Crippen LogP contribution in [0.15, 0.2) is 60.7 Å². The van der Waals surface area contributed by atoms with E-state index in [1.165, 1.54) is 36.9 Å². The highest BCUT2D eigenvalue weighted by atomic mass is 35.5. The molecule has 2 aromatic heterocycles. The van der Waals surface area contributed by atoms with E-state index < -0.39 is 8.32 Å². The topological polar surface area (TPSA) is 29.5 Å². The molecular formula is C32H40Cl2O2S2Si. The molecule has 0 aliphatic carbocycles. The van der Waals surface area contributed by atoms with E-state index in [4.69, 9.17) is 32.7 Å². The summed E-state index contributed by atoms with van der Waals surface area (Å²) in [5.41, 5.74) is 5.12. The Bertz CT molecular complexity index is 1370. The van der Waals surface area contributed by atoms with Gasteiger partial charge in [-0.1, -0.05) is 68.2 Å². The molecule has 0 fully saturated rings. The molecule has 0 aliphatic rings. The number of rotatable bonds is 8. The summed E-state index contributed by atoms with van der Waals surface area (Å²) in [6, 6.07) is 20.4. The van der Waals surface area contributed by atoms with Crippen molar-refractivity contribution in [1.82, 2.24) is 0 Å². The number of hydrogen-bond donors (Lipinski definition) is 1. The number of thiophene rings is 2. The molecule has 0 unspecified atom stereocenters.